The summed E-state index contributed by atoms with van der Waals surface area (Å²) in [6.07, 6.45) is 4.97. The van der Waals surface area contributed by atoms with Gasteiger partial charge in [-0.1, -0.05) is 19.8 Å². The van der Waals surface area contributed by atoms with Crippen molar-refractivity contribution in [3.63, 3.8) is 0 Å². The maximum atomic E-state index is 12.6. The van der Waals surface area contributed by atoms with Gasteiger partial charge in [0.2, 0.25) is 11.9 Å². The predicted molar refractivity (Wildman–Crippen MR) is 94.9 cm³/mol. The summed E-state index contributed by atoms with van der Waals surface area (Å²) in [6.45, 7) is 5.71. The molecule has 0 unspecified atom stereocenters. The number of rotatable bonds is 5. The van der Waals surface area contributed by atoms with E-state index in [0.29, 0.717) is 18.1 Å². The van der Waals surface area contributed by atoms with E-state index in [1.54, 1.807) is 4.68 Å². The molecule has 0 bridgehead atoms. The van der Waals surface area contributed by atoms with Gasteiger partial charge in [0.1, 0.15) is 6.54 Å². The summed E-state index contributed by atoms with van der Waals surface area (Å²) in [4.78, 5) is 29.6. The molecule has 3 rings (SSSR count). The van der Waals surface area contributed by atoms with E-state index in [1.807, 2.05) is 26.8 Å². The van der Waals surface area contributed by atoms with Gasteiger partial charge in [0.15, 0.2) is 0 Å². The van der Waals surface area contributed by atoms with Crippen molar-refractivity contribution in [2.24, 2.45) is 0 Å². The van der Waals surface area contributed by atoms with Gasteiger partial charge in [-0.2, -0.15) is 5.10 Å². The Labute approximate surface area is 147 Å². The van der Waals surface area contributed by atoms with Crippen molar-refractivity contribution in [3.8, 4) is 5.95 Å². The molecule has 1 N–H and O–H groups in total. The Morgan fingerprint density at radius 1 is 1.28 bits per heavy atom. The molecule has 1 aliphatic rings. The Kier molecular flexibility index (Phi) is 5.01. The van der Waals surface area contributed by atoms with E-state index in [9.17, 15) is 9.59 Å². The monoisotopic (exact) mass is 343 g/mol. The minimum Gasteiger partial charge on any atom is -0.352 e. The van der Waals surface area contributed by atoms with Crippen LogP contribution in [0.1, 0.15) is 49.7 Å². The molecule has 2 aromatic heterocycles. The molecule has 1 fully saturated rings. The summed E-state index contributed by atoms with van der Waals surface area (Å²) in [7, 11) is 0. The average molecular weight is 343 g/mol. The van der Waals surface area contributed by atoms with Gasteiger partial charge < -0.3 is 5.32 Å². The molecule has 0 aliphatic heterocycles. The maximum Gasteiger partial charge on any atom is 0.255 e. The number of amides is 1. The summed E-state index contributed by atoms with van der Waals surface area (Å²) in [5.74, 6) is 0.249. The van der Waals surface area contributed by atoms with Crippen LogP contribution in [0.2, 0.25) is 0 Å². The van der Waals surface area contributed by atoms with E-state index in [0.717, 1.165) is 37.1 Å². The van der Waals surface area contributed by atoms with Gasteiger partial charge in [0, 0.05) is 23.5 Å². The third kappa shape index (κ3) is 3.81. The Morgan fingerprint density at radius 3 is 2.60 bits per heavy atom. The maximum absolute atomic E-state index is 12.6. The first-order valence-electron chi connectivity index (χ1n) is 8.91. The summed E-state index contributed by atoms with van der Waals surface area (Å²) >= 11 is 0. The number of nitrogens with zero attached hydrogens (tertiary/aromatic N) is 4. The SMILES string of the molecule is CCc1cc(=O)n(CC(=O)NC2CCCC2)c(-n2nc(C)cc2C)n1. The third-order valence-corrected chi connectivity index (χ3v) is 4.62. The lowest BCUT2D eigenvalue weighted by atomic mass is 10.2. The van der Waals surface area contributed by atoms with Crippen LogP contribution in [0.4, 0.5) is 0 Å². The average Bonchev–Trinajstić information content (AvgIpc) is 3.18. The molecule has 2 heterocycles. The van der Waals surface area contributed by atoms with Gasteiger partial charge >= 0.3 is 0 Å². The van der Waals surface area contributed by atoms with Crippen LogP contribution in [-0.2, 0) is 17.8 Å². The fourth-order valence-electron chi connectivity index (χ4n) is 3.35. The smallest absolute Gasteiger partial charge is 0.255 e. The van der Waals surface area contributed by atoms with Crippen molar-refractivity contribution >= 4 is 5.91 Å². The summed E-state index contributed by atoms with van der Waals surface area (Å²) in [5, 5.41) is 7.46. The fourth-order valence-corrected chi connectivity index (χ4v) is 3.35. The minimum absolute atomic E-state index is 0.0417. The first-order valence-corrected chi connectivity index (χ1v) is 8.91. The molecule has 7 heteroatoms. The molecule has 1 amide bonds. The molecule has 0 atom stereocenters. The molecule has 0 spiro atoms. The first-order chi connectivity index (χ1) is 12.0. The predicted octanol–water partition coefficient (Wildman–Crippen LogP) is 1.67. The first kappa shape index (κ1) is 17.4. The van der Waals surface area contributed by atoms with E-state index in [2.05, 4.69) is 15.4 Å². The molecular weight excluding hydrogens is 318 g/mol. The lowest BCUT2D eigenvalue weighted by Crippen LogP contribution is -2.39. The van der Waals surface area contributed by atoms with Crippen LogP contribution in [0.15, 0.2) is 16.9 Å². The molecule has 0 saturated heterocycles. The molecule has 0 aromatic carbocycles. The van der Waals surface area contributed by atoms with Gasteiger partial charge in [-0.25, -0.2) is 9.67 Å². The second kappa shape index (κ2) is 7.21. The van der Waals surface area contributed by atoms with Crippen LogP contribution in [0, 0.1) is 13.8 Å². The standard InChI is InChI=1S/C18H25N5O2/c1-4-14-10-17(25)22(11-16(24)19-15-7-5-6-8-15)18(20-14)23-13(3)9-12(2)21-23/h9-10,15H,4-8,11H2,1-3H3,(H,19,24). The number of hydrogen-bond acceptors (Lipinski definition) is 4. The molecule has 134 valence electrons. The zero-order valence-corrected chi connectivity index (χ0v) is 15.1. The van der Waals surface area contributed by atoms with Crippen molar-refractivity contribution < 1.29 is 4.79 Å². The van der Waals surface area contributed by atoms with E-state index < -0.39 is 0 Å². The van der Waals surface area contributed by atoms with Crippen LogP contribution in [0.5, 0.6) is 0 Å². The zero-order valence-electron chi connectivity index (χ0n) is 15.1. The van der Waals surface area contributed by atoms with Crippen molar-refractivity contribution in [1.29, 1.82) is 0 Å². The van der Waals surface area contributed by atoms with Gasteiger partial charge in [0.05, 0.1) is 5.69 Å². The second-order valence-electron chi connectivity index (χ2n) is 6.71. The number of hydrogen-bond donors (Lipinski definition) is 1. The van der Waals surface area contributed by atoms with Crippen LogP contribution >= 0.6 is 0 Å². The lowest BCUT2D eigenvalue weighted by molar-refractivity contribution is -0.122. The molecule has 7 nitrogen and oxygen atoms in total. The van der Waals surface area contributed by atoms with E-state index >= 15 is 0 Å². The Bertz CT molecular complexity index is 830. The highest BCUT2D eigenvalue weighted by Gasteiger charge is 2.20. The minimum atomic E-state index is -0.226. The number of carbonyl (C=O) groups excluding carboxylic acids is 1. The van der Waals surface area contributed by atoms with Crippen molar-refractivity contribution in [3.05, 3.63) is 39.6 Å². The number of aryl methyl sites for hydroxylation is 3. The van der Waals surface area contributed by atoms with Gasteiger partial charge in [-0.15, -0.1) is 0 Å². The molecule has 2 aromatic rings. The molecular formula is C18H25N5O2. The van der Waals surface area contributed by atoms with Crippen LogP contribution in [0.3, 0.4) is 0 Å². The van der Waals surface area contributed by atoms with Crippen LogP contribution in [0.25, 0.3) is 5.95 Å². The quantitative estimate of drug-likeness (QED) is 0.895. The highest BCUT2D eigenvalue weighted by Crippen LogP contribution is 2.17. The zero-order chi connectivity index (χ0) is 18.0. The molecule has 1 aliphatic carbocycles. The fraction of sp³-hybridized carbons (Fsp3) is 0.556. The molecule has 0 radical (unpaired) electrons. The summed E-state index contributed by atoms with van der Waals surface area (Å²) in [6, 6.07) is 3.65. The van der Waals surface area contributed by atoms with Crippen molar-refractivity contribution in [1.82, 2.24) is 24.6 Å². The van der Waals surface area contributed by atoms with Gasteiger partial charge in [-0.3, -0.25) is 14.2 Å². The van der Waals surface area contributed by atoms with Gasteiger partial charge in [-0.05, 0) is 39.2 Å². The second-order valence-corrected chi connectivity index (χ2v) is 6.71. The number of aromatic nitrogens is 4. The Morgan fingerprint density at radius 2 is 2.00 bits per heavy atom. The lowest BCUT2D eigenvalue weighted by Gasteiger charge is -2.16. The highest BCUT2D eigenvalue weighted by atomic mass is 16.2. The largest absolute Gasteiger partial charge is 0.352 e. The number of carbonyl (C=O) groups is 1. The van der Waals surface area contributed by atoms with E-state index in [-0.39, 0.29) is 24.1 Å². The Hall–Kier alpha value is -2.44. The van der Waals surface area contributed by atoms with E-state index in [1.165, 1.54) is 10.6 Å². The van der Waals surface area contributed by atoms with Crippen molar-refractivity contribution in [2.75, 3.05) is 0 Å². The van der Waals surface area contributed by atoms with Gasteiger partial charge in [0.25, 0.3) is 5.56 Å². The normalized spacial score (nSPS) is 14.8. The summed E-state index contributed by atoms with van der Waals surface area (Å²) in [5.41, 5.74) is 2.19. The van der Waals surface area contributed by atoms with Crippen LogP contribution in [-0.4, -0.2) is 31.3 Å². The Balaban J connectivity index is 1.95. The highest BCUT2D eigenvalue weighted by molar-refractivity contribution is 5.76. The molecule has 1 saturated carbocycles. The topological polar surface area (TPSA) is 81.8 Å². The number of nitrogens with one attached hydrogen (secondary N) is 1. The molecule has 25 heavy (non-hydrogen) atoms. The summed E-state index contributed by atoms with van der Waals surface area (Å²) < 4.78 is 3.04. The van der Waals surface area contributed by atoms with E-state index in [4.69, 9.17) is 0 Å². The third-order valence-electron chi connectivity index (χ3n) is 4.62. The van der Waals surface area contributed by atoms with Crippen molar-refractivity contribution in [2.45, 2.75) is 65.5 Å². The van der Waals surface area contributed by atoms with Crippen LogP contribution < -0.4 is 10.9 Å².